The molecule has 0 heterocycles. The first-order valence-electron chi connectivity index (χ1n) is 2.38. The lowest BCUT2D eigenvalue weighted by Crippen LogP contribution is -2.10. The van der Waals surface area contributed by atoms with Crippen LogP contribution in [0.25, 0.3) is 0 Å². The molecule has 0 aliphatic heterocycles. The molecule has 0 atom stereocenters. The minimum atomic E-state index is -0.968. The molecule has 0 radical (unpaired) electrons. The van der Waals surface area contributed by atoms with E-state index < -0.39 is 11.9 Å². The maximum Gasteiger partial charge on any atom is 0.317 e. The molecule has 0 rings (SSSR count). The summed E-state index contributed by atoms with van der Waals surface area (Å²) in [5.41, 5.74) is 9.14. The van der Waals surface area contributed by atoms with Crippen molar-refractivity contribution in [3.05, 3.63) is 0 Å². The summed E-state index contributed by atoms with van der Waals surface area (Å²) in [7, 11) is 0. The van der Waals surface area contributed by atoms with Gasteiger partial charge in [-0.1, -0.05) is 0 Å². The van der Waals surface area contributed by atoms with Crippen LogP contribution in [0.3, 0.4) is 0 Å². The molecule has 6 nitrogen and oxygen atoms in total. The van der Waals surface area contributed by atoms with Gasteiger partial charge in [-0.3, -0.25) is 9.59 Å². The Kier molecular flexibility index (Phi) is 19.0. The Hall–Kier alpha value is -0.374. The number of hydrogen-bond donors (Lipinski definition) is 4. The van der Waals surface area contributed by atoms with Gasteiger partial charge in [0.05, 0.1) is 13.1 Å². The molecule has 0 spiro atoms. The van der Waals surface area contributed by atoms with Crippen molar-refractivity contribution in [2.45, 2.75) is 0 Å². The molecule has 0 saturated carbocycles. The van der Waals surface area contributed by atoms with Crippen LogP contribution in [-0.4, -0.2) is 58.3 Å². The zero-order valence-electron chi connectivity index (χ0n) is 5.28. The van der Waals surface area contributed by atoms with Crippen molar-refractivity contribution in [1.29, 1.82) is 0 Å². The lowest BCUT2D eigenvalue weighted by Gasteiger charge is -1.73. The molecule has 0 aromatic carbocycles. The van der Waals surface area contributed by atoms with E-state index in [9.17, 15) is 9.59 Å². The lowest BCUT2D eigenvalue weighted by molar-refractivity contribution is -0.136. The number of hydrogen-bond acceptors (Lipinski definition) is 4. The van der Waals surface area contributed by atoms with Crippen molar-refractivity contribution in [3.63, 3.8) is 0 Å². The predicted octanol–water partition coefficient (Wildman–Crippen LogP) is -2.86. The predicted molar refractivity (Wildman–Crippen MR) is 41.9 cm³/mol. The van der Waals surface area contributed by atoms with E-state index in [1.807, 2.05) is 0 Å². The van der Waals surface area contributed by atoms with Crippen LogP contribution in [0.4, 0.5) is 0 Å². The summed E-state index contributed by atoms with van der Waals surface area (Å²) in [6.45, 7) is -0.556. The van der Waals surface area contributed by atoms with Crippen LogP contribution in [0.15, 0.2) is 0 Å². The van der Waals surface area contributed by atoms with Gasteiger partial charge >= 0.3 is 35.0 Å². The summed E-state index contributed by atoms with van der Waals surface area (Å²) in [6.07, 6.45) is 0. The Morgan fingerprint density at radius 2 is 1.09 bits per heavy atom. The van der Waals surface area contributed by atoms with Gasteiger partial charge in [-0.05, 0) is 0 Å². The maximum absolute atomic E-state index is 9.24. The quantitative estimate of drug-likeness (QED) is 0.335. The molecule has 0 aliphatic rings. The van der Waals surface area contributed by atoms with E-state index in [0.29, 0.717) is 0 Å². The Morgan fingerprint density at radius 3 is 1.09 bits per heavy atom. The van der Waals surface area contributed by atoms with Gasteiger partial charge in [0.15, 0.2) is 0 Å². The Balaban J connectivity index is -0.000000107. The van der Waals surface area contributed by atoms with E-state index in [0.717, 1.165) is 0 Å². The van der Waals surface area contributed by atoms with Crippen LogP contribution in [0, 0.1) is 0 Å². The highest BCUT2D eigenvalue weighted by Crippen LogP contribution is 1.44. The van der Waals surface area contributed by atoms with Crippen molar-refractivity contribution in [2.24, 2.45) is 11.5 Å². The summed E-state index contributed by atoms with van der Waals surface area (Å²) >= 11 is 0. The lowest BCUT2D eigenvalue weighted by atomic mass is 10.7. The Morgan fingerprint density at radius 1 is 1.00 bits per heavy atom. The van der Waals surface area contributed by atoms with Crippen LogP contribution < -0.4 is 11.5 Å². The van der Waals surface area contributed by atoms with Gasteiger partial charge in [-0.15, -0.1) is 0 Å². The topological polar surface area (TPSA) is 127 Å². The first-order chi connectivity index (χ1) is 4.54. The number of aliphatic carboxylic acids is 2. The van der Waals surface area contributed by atoms with Crippen LogP contribution in [-0.2, 0) is 9.59 Å². The summed E-state index contributed by atoms with van der Waals surface area (Å²) in [4.78, 5) is 18.5. The number of carbonyl (C=O) groups is 2. The average Bonchev–Trinajstić information content (AvgIpc) is 1.89. The fourth-order valence-electron chi connectivity index (χ4n) is 0. The molecule has 0 fully saturated rings. The van der Waals surface area contributed by atoms with E-state index in [-0.39, 0.29) is 36.1 Å². The molecule has 6 N–H and O–H groups in total. The van der Waals surface area contributed by atoms with Gasteiger partial charge in [0.1, 0.15) is 0 Å². The van der Waals surface area contributed by atoms with Crippen LogP contribution in [0.2, 0.25) is 0 Å². The van der Waals surface area contributed by atoms with Crippen LogP contribution in [0.5, 0.6) is 0 Å². The molecule has 11 heavy (non-hydrogen) atoms. The van der Waals surface area contributed by atoms with Crippen LogP contribution >= 0.6 is 0 Å². The summed E-state index contributed by atoms with van der Waals surface area (Å²) in [6, 6.07) is 0. The Labute approximate surface area is 79.7 Å². The SMILES string of the molecule is NCC(=O)O.NCC(=O)O.[MgH2]. The number of nitrogens with two attached hydrogens (primary N) is 2. The first-order valence-corrected chi connectivity index (χ1v) is 2.38. The summed E-state index contributed by atoms with van der Waals surface area (Å²) in [5.74, 6) is -1.94. The third-order valence-electron chi connectivity index (χ3n) is 0.349. The minimum Gasteiger partial charge on any atom is -0.480 e. The van der Waals surface area contributed by atoms with E-state index in [2.05, 4.69) is 11.5 Å². The molecule has 0 saturated heterocycles. The maximum atomic E-state index is 9.24. The third-order valence-corrected chi connectivity index (χ3v) is 0.349. The van der Waals surface area contributed by atoms with Gasteiger partial charge in [0, 0.05) is 0 Å². The van der Waals surface area contributed by atoms with E-state index in [1.54, 1.807) is 0 Å². The second-order valence-electron chi connectivity index (χ2n) is 1.20. The van der Waals surface area contributed by atoms with E-state index in [1.165, 1.54) is 0 Å². The smallest absolute Gasteiger partial charge is 0.317 e. The van der Waals surface area contributed by atoms with Gasteiger partial charge in [-0.25, -0.2) is 0 Å². The highest BCUT2D eigenvalue weighted by atomic mass is 24.3. The standard InChI is InChI=1S/2C2H5NO2.Mg.2H/c2*3-1-2(4)5;;;/h2*1,3H2,(H,4,5);;;. The minimum absolute atomic E-state index is 0. The molecule has 0 aromatic rings. The number of carboxylic acid groups (broad SMARTS) is 2. The zero-order chi connectivity index (χ0) is 8.57. The average molecular weight is 176 g/mol. The largest absolute Gasteiger partial charge is 0.480 e. The van der Waals surface area contributed by atoms with Crippen molar-refractivity contribution >= 4 is 35.0 Å². The third kappa shape index (κ3) is 42.6. The van der Waals surface area contributed by atoms with Crippen molar-refractivity contribution in [3.8, 4) is 0 Å². The molecule has 7 heteroatoms. The molecule has 0 unspecified atom stereocenters. The highest BCUT2D eigenvalue weighted by Gasteiger charge is 1.81. The van der Waals surface area contributed by atoms with Crippen LogP contribution in [0.1, 0.15) is 0 Å². The van der Waals surface area contributed by atoms with Gasteiger partial charge < -0.3 is 21.7 Å². The highest BCUT2D eigenvalue weighted by molar-refractivity contribution is 5.75. The number of rotatable bonds is 2. The second kappa shape index (κ2) is 12.3. The fourth-order valence-corrected chi connectivity index (χ4v) is 0. The van der Waals surface area contributed by atoms with Gasteiger partial charge in [0.25, 0.3) is 0 Å². The Bertz CT molecular complexity index is 105. The fraction of sp³-hybridized carbons (Fsp3) is 0.500. The molecule has 0 aliphatic carbocycles. The molecular formula is C4H12MgN2O4. The molecule has 0 bridgehead atoms. The van der Waals surface area contributed by atoms with Gasteiger partial charge in [0.2, 0.25) is 0 Å². The molecule has 0 amide bonds. The van der Waals surface area contributed by atoms with Gasteiger partial charge in [-0.2, -0.15) is 0 Å². The van der Waals surface area contributed by atoms with Crippen molar-refractivity contribution in [1.82, 2.24) is 0 Å². The van der Waals surface area contributed by atoms with Crippen molar-refractivity contribution in [2.75, 3.05) is 13.1 Å². The second-order valence-corrected chi connectivity index (χ2v) is 1.20. The first kappa shape index (κ1) is 16.9. The van der Waals surface area contributed by atoms with E-state index >= 15 is 0 Å². The van der Waals surface area contributed by atoms with E-state index in [4.69, 9.17) is 10.2 Å². The summed E-state index contributed by atoms with van der Waals surface area (Å²) < 4.78 is 0. The molecular weight excluding hydrogens is 164 g/mol. The number of carboxylic acids is 2. The molecule has 64 valence electrons. The monoisotopic (exact) mass is 176 g/mol. The summed E-state index contributed by atoms with van der Waals surface area (Å²) in [5, 5.41) is 15.2. The molecule has 0 aromatic heterocycles. The normalized spacial score (nSPS) is 6.73. The zero-order valence-corrected chi connectivity index (χ0v) is 5.28. The van der Waals surface area contributed by atoms with Crippen molar-refractivity contribution < 1.29 is 19.8 Å².